The number of nitrogens with zero attached hydrogens (tertiary/aromatic N) is 2. The van der Waals surface area contributed by atoms with Gasteiger partial charge >= 0.3 is 12.2 Å². The fourth-order valence-corrected chi connectivity index (χ4v) is 3.09. The van der Waals surface area contributed by atoms with Crippen LogP contribution in [0.4, 0.5) is 23.7 Å². The molecule has 0 aromatic heterocycles. The first-order valence-electron chi connectivity index (χ1n) is 8.38. The van der Waals surface area contributed by atoms with Crippen LogP contribution in [0.5, 0.6) is 0 Å². The predicted molar refractivity (Wildman–Crippen MR) is 86.0 cm³/mol. The van der Waals surface area contributed by atoms with Crippen LogP contribution < -0.4 is 10.2 Å². The molecule has 132 valence electrons. The molecular weight excluding hydrogens is 319 g/mol. The van der Waals surface area contributed by atoms with E-state index in [4.69, 9.17) is 0 Å². The molecule has 1 N–H and O–H groups in total. The van der Waals surface area contributed by atoms with Gasteiger partial charge in [-0.1, -0.05) is 12.5 Å². The van der Waals surface area contributed by atoms with Crippen molar-refractivity contribution >= 4 is 11.7 Å². The van der Waals surface area contributed by atoms with Gasteiger partial charge in [-0.15, -0.1) is 0 Å². The third kappa shape index (κ3) is 3.94. The lowest BCUT2D eigenvalue weighted by atomic mass is 9.85. The van der Waals surface area contributed by atoms with Gasteiger partial charge in [0.05, 0.1) is 5.56 Å². The van der Waals surface area contributed by atoms with Crippen molar-refractivity contribution < 1.29 is 18.0 Å². The standard InChI is InChI=1S/C17H22F3N3O/c18-17(19,20)14-5-2-6-15(11-14)22-7-9-23(10-8-22)16(24)21-12-13-3-1-4-13/h2,5-6,11,13H,1,3-4,7-10,12H2,(H,21,24). The minimum atomic E-state index is -4.33. The summed E-state index contributed by atoms with van der Waals surface area (Å²) in [5.41, 5.74) is -0.0833. The Bertz CT molecular complexity index is 579. The van der Waals surface area contributed by atoms with Crippen LogP contribution in [0.1, 0.15) is 24.8 Å². The maximum Gasteiger partial charge on any atom is 0.416 e. The molecule has 0 radical (unpaired) electrons. The Morgan fingerprint density at radius 3 is 2.46 bits per heavy atom. The molecule has 0 spiro atoms. The summed E-state index contributed by atoms with van der Waals surface area (Å²) in [6.07, 6.45) is -0.720. The van der Waals surface area contributed by atoms with Crippen molar-refractivity contribution in [3.63, 3.8) is 0 Å². The van der Waals surface area contributed by atoms with E-state index < -0.39 is 11.7 Å². The van der Waals surface area contributed by atoms with Crippen LogP contribution >= 0.6 is 0 Å². The number of alkyl halides is 3. The number of benzene rings is 1. The number of hydrogen-bond donors (Lipinski definition) is 1. The van der Waals surface area contributed by atoms with Crippen molar-refractivity contribution in [1.29, 1.82) is 0 Å². The largest absolute Gasteiger partial charge is 0.416 e. The highest BCUT2D eigenvalue weighted by atomic mass is 19.4. The SMILES string of the molecule is O=C(NCC1CCC1)N1CCN(c2cccc(C(F)(F)F)c2)CC1. The fraction of sp³-hybridized carbons (Fsp3) is 0.588. The highest BCUT2D eigenvalue weighted by Crippen LogP contribution is 2.32. The van der Waals surface area contributed by atoms with Crippen LogP contribution in [-0.4, -0.2) is 43.7 Å². The zero-order valence-electron chi connectivity index (χ0n) is 13.5. The molecule has 7 heteroatoms. The molecular formula is C17H22F3N3O. The highest BCUT2D eigenvalue weighted by molar-refractivity contribution is 5.74. The van der Waals surface area contributed by atoms with E-state index in [0.717, 1.165) is 12.6 Å². The van der Waals surface area contributed by atoms with Gasteiger partial charge in [0.15, 0.2) is 0 Å². The van der Waals surface area contributed by atoms with Crippen LogP contribution in [0.15, 0.2) is 24.3 Å². The third-order valence-electron chi connectivity index (χ3n) is 4.87. The molecule has 24 heavy (non-hydrogen) atoms. The van der Waals surface area contributed by atoms with Crippen molar-refractivity contribution in [2.24, 2.45) is 5.92 Å². The minimum Gasteiger partial charge on any atom is -0.368 e. The molecule has 2 amide bonds. The molecule has 1 saturated heterocycles. The molecule has 1 aliphatic heterocycles. The monoisotopic (exact) mass is 341 g/mol. The number of halogens is 3. The van der Waals surface area contributed by atoms with Gasteiger partial charge in [0.1, 0.15) is 0 Å². The lowest BCUT2D eigenvalue weighted by molar-refractivity contribution is -0.137. The fourth-order valence-electron chi connectivity index (χ4n) is 3.09. The van der Waals surface area contributed by atoms with E-state index in [0.29, 0.717) is 37.8 Å². The van der Waals surface area contributed by atoms with Crippen LogP contribution in [0.25, 0.3) is 0 Å². The summed E-state index contributed by atoms with van der Waals surface area (Å²) < 4.78 is 38.4. The van der Waals surface area contributed by atoms with Crippen molar-refractivity contribution in [3.8, 4) is 0 Å². The first-order valence-corrected chi connectivity index (χ1v) is 8.38. The Kier molecular flexibility index (Phi) is 4.87. The number of carbonyl (C=O) groups excluding carboxylic acids is 1. The number of amides is 2. The Labute approximate surface area is 139 Å². The predicted octanol–water partition coefficient (Wildman–Crippen LogP) is 3.34. The summed E-state index contributed by atoms with van der Waals surface area (Å²) in [6, 6.07) is 5.29. The van der Waals surface area contributed by atoms with E-state index in [9.17, 15) is 18.0 Å². The van der Waals surface area contributed by atoms with E-state index in [1.165, 1.54) is 31.4 Å². The zero-order valence-corrected chi connectivity index (χ0v) is 13.5. The smallest absolute Gasteiger partial charge is 0.368 e. The number of urea groups is 1. The minimum absolute atomic E-state index is 0.0643. The van der Waals surface area contributed by atoms with Crippen molar-refractivity contribution in [2.45, 2.75) is 25.4 Å². The van der Waals surface area contributed by atoms with Gasteiger partial charge in [-0.25, -0.2) is 4.79 Å². The maximum absolute atomic E-state index is 12.8. The molecule has 1 saturated carbocycles. The summed E-state index contributed by atoms with van der Waals surface area (Å²) in [5, 5.41) is 2.96. The van der Waals surface area contributed by atoms with Gasteiger partial charge in [0.25, 0.3) is 0 Å². The lowest BCUT2D eigenvalue weighted by Crippen LogP contribution is -2.52. The van der Waals surface area contributed by atoms with E-state index in [2.05, 4.69) is 5.32 Å². The Morgan fingerprint density at radius 1 is 1.17 bits per heavy atom. The molecule has 4 nitrogen and oxygen atoms in total. The molecule has 1 aliphatic carbocycles. The van der Waals surface area contributed by atoms with Crippen LogP contribution in [0.2, 0.25) is 0 Å². The van der Waals surface area contributed by atoms with Gasteiger partial charge in [-0.2, -0.15) is 13.2 Å². The Morgan fingerprint density at radius 2 is 1.88 bits per heavy atom. The summed E-state index contributed by atoms with van der Waals surface area (Å²) in [7, 11) is 0. The average Bonchev–Trinajstić information content (AvgIpc) is 2.53. The molecule has 2 aliphatic rings. The van der Waals surface area contributed by atoms with Gasteiger partial charge in [-0.3, -0.25) is 0 Å². The number of carbonyl (C=O) groups is 1. The normalized spacial score (nSPS) is 19.1. The highest BCUT2D eigenvalue weighted by Gasteiger charge is 2.31. The zero-order chi connectivity index (χ0) is 17.2. The van der Waals surface area contributed by atoms with Gasteiger partial charge in [0, 0.05) is 38.4 Å². The molecule has 2 fully saturated rings. The van der Waals surface area contributed by atoms with E-state index in [1.54, 1.807) is 11.0 Å². The van der Waals surface area contributed by atoms with E-state index in [-0.39, 0.29) is 6.03 Å². The molecule has 0 atom stereocenters. The number of piperazine rings is 1. The molecule has 1 aromatic carbocycles. The number of anilines is 1. The van der Waals surface area contributed by atoms with Crippen molar-refractivity contribution in [3.05, 3.63) is 29.8 Å². The molecule has 3 rings (SSSR count). The second-order valence-electron chi connectivity index (χ2n) is 6.51. The molecule has 1 aromatic rings. The lowest BCUT2D eigenvalue weighted by Gasteiger charge is -2.36. The first kappa shape index (κ1) is 16.9. The summed E-state index contributed by atoms with van der Waals surface area (Å²) >= 11 is 0. The third-order valence-corrected chi connectivity index (χ3v) is 4.87. The van der Waals surface area contributed by atoms with Crippen molar-refractivity contribution in [2.75, 3.05) is 37.6 Å². The molecule has 0 bridgehead atoms. The quantitative estimate of drug-likeness (QED) is 0.915. The topological polar surface area (TPSA) is 35.6 Å². The Hall–Kier alpha value is -1.92. The molecule has 1 heterocycles. The number of rotatable bonds is 3. The summed E-state index contributed by atoms with van der Waals surface area (Å²) in [5.74, 6) is 0.611. The van der Waals surface area contributed by atoms with Gasteiger partial charge < -0.3 is 15.1 Å². The van der Waals surface area contributed by atoms with Gasteiger partial charge in [0.2, 0.25) is 0 Å². The summed E-state index contributed by atoms with van der Waals surface area (Å²) in [6.45, 7) is 2.85. The van der Waals surface area contributed by atoms with Crippen LogP contribution in [0.3, 0.4) is 0 Å². The Balaban J connectivity index is 1.52. The second-order valence-corrected chi connectivity index (χ2v) is 6.51. The van der Waals surface area contributed by atoms with Crippen molar-refractivity contribution in [1.82, 2.24) is 10.2 Å². The van der Waals surface area contributed by atoms with Crippen LogP contribution in [0, 0.1) is 5.92 Å². The van der Waals surface area contributed by atoms with Gasteiger partial charge in [-0.05, 0) is 37.0 Å². The first-order chi connectivity index (χ1) is 11.4. The number of hydrogen-bond acceptors (Lipinski definition) is 2. The maximum atomic E-state index is 12.8. The van der Waals surface area contributed by atoms with E-state index >= 15 is 0 Å². The summed E-state index contributed by atoms with van der Waals surface area (Å²) in [4.78, 5) is 15.8. The average molecular weight is 341 g/mol. The second kappa shape index (κ2) is 6.91. The van der Waals surface area contributed by atoms with Crippen LogP contribution in [-0.2, 0) is 6.18 Å². The number of nitrogens with one attached hydrogen (secondary N) is 1. The van der Waals surface area contributed by atoms with E-state index in [1.807, 2.05) is 4.90 Å². The molecule has 0 unspecified atom stereocenters.